The van der Waals surface area contributed by atoms with E-state index in [1.54, 1.807) is 12.2 Å². The maximum Gasteiger partial charge on any atom is 0.0825 e. The molecule has 2 nitrogen and oxygen atoms in total. The van der Waals surface area contributed by atoms with Gasteiger partial charge in [-0.25, -0.2) is 0 Å². The van der Waals surface area contributed by atoms with Crippen molar-refractivity contribution in [2.45, 2.75) is 6.92 Å². The van der Waals surface area contributed by atoms with E-state index in [0.717, 1.165) is 0 Å². The Kier molecular flexibility index (Phi) is 3.98. The average molecular weight is 113 g/mol. The second-order valence-corrected chi connectivity index (χ2v) is 1.43. The van der Waals surface area contributed by atoms with Gasteiger partial charge in [-0.3, -0.25) is 0 Å². The fraction of sp³-hybridized carbons (Fsp3) is 0.333. The molecule has 0 aliphatic heterocycles. The summed E-state index contributed by atoms with van der Waals surface area (Å²) < 4.78 is 0. The molecule has 0 saturated heterocycles. The average Bonchev–Trinajstić information content (AvgIpc) is 1.83. The molecule has 0 unspecified atom stereocenters. The molecule has 0 radical (unpaired) electrons. The SMILES string of the molecule is C/C=C\C=C(/N)CO. The standard InChI is InChI=1S/C6H11NO/c1-2-3-4-6(7)5-8/h2-4,8H,5,7H2,1H3/b3-2-,6-4-. The van der Waals surface area contributed by atoms with Gasteiger partial charge in [-0.1, -0.05) is 12.2 Å². The van der Waals surface area contributed by atoms with Crippen LogP contribution >= 0.6 is 0 Å². The van der Waals surface area contributed by atoms with Crippen molar-refractivity contribution in [1.82, 2.24) is 0 Å². The van der Waals surface area contributed by atoms with Gasteiger partial charge >= 0.3 is 0 Å². The molecule has 8 heavy (non-hydrogen) atoms. The van der Waals surface area contributed by atoms with Gasteiger partial charge < -0.3 is 10.8 Å². The summed E-state index contributed by atoms with van der Waals surface area (Å²) in [5.74, 6) is 0. The minimum Gasteiger partial charge on any atom is -0.400 e. The van der Waals surface area contributed by atoms with E-state index in [4.69, 9.17) is 10.8 Å². The normalized spacial score (nSPS) is 13.0. The zero-order valence-corrected chi connectivity index (χ0v) is 4.96. The van der Waals surface area contributed by atoms with Crippen LogP contribution in [0.3, 0.4) is 0 Å². The van der Waals surface area contributed by atoms with E-state index in [-0.39, 0.29) is 6.61 Å². The van der Waals surface area contributed by atoms with E-state index in [2.05, 4.69) is 0 Å². The Morgan fingerprint density at radius 1 is 1.75 bits per heavy atom. The second kappa shape index (κ2) is 4.40. The van der Waals surface area contributed by atoms with Gasteiger partial charge in [-0.15, -0.1) is 0 Å². The van der Waals surface area contributed by atoms with Crippen molar-refractivity contribution in [3.05, 3.63) is 23.9 Å². The molecule has 0 heterocycles. The van der Waals surface area contributed by atoms with Crippen molar-refractivity contribution in [3.8, 4) is 0 Å². The molecule has 0 atom stereocenters. The largest absolute Gasteiger partial charge is 0.400 e. The lowest BCUT2D eigenvalue weighted by Crippen LogP contribution is -2.00. The number of aliphatic hydroxyl groups is 1. The summed E-state index contributed by atoms with van der Waals surface area (Å²) in [4.78, 5) is 0. The van der Waals surface area contributed by atoms with E-state index in [1.165, 1.54) is 0 Å². The summed E-state index contributed by atoms with van der Waals surface area (Å²) in [6.07, 6.45) is 5.30. The first-order chi connectivity index (χ1) is 3.81. The maximum atomic E-state index is 8.33. The highest BCUT2D eigenvalue weighted by Crippen LogP contribution is 1.80. The van der Waals surface area contributed by atoms with Crippen molar-refractivity contribution < 1.29 is 5.11 Å². The molecular weight excluding hydrogens is 102 g/mol. The van der Waals surface area contributed by atoms with Crippen LogP contribution in [0.4, 0.5) is 0 Å². The molecule has 0 fully saturated rings. The Hall–Kier alpha value is -0.760. The first-order valence-corrected chi connectivity index (χ1v) is 2.49. The Labute approximate surface area is 49.3 Å². The quantitative estimate of drug-likeness (QED) is 0.509. The highest BCUT2D eigenvalue weighted by atomic mass is 16.3. The van der Waals surface area contributed by atoms with E-state index >= 15 is 0 Å². The van der Waals surface area contributed by atoms with Crippen LogP contribution in [0.2, 0.25) is 0 Å². The van der Waals surface area contributed by atoms with Gasteiger partial charge in [0.1, 0.15) is 0 Å². The Balaban J connectivity index is 3.57. The summed E-state index contributed by atoms with van der Waals surface area (Å²) in [6.45, 7) is 1.82. The Morgan fingerprint density at radius 2 is 2.38 bits per heavy atom. The molecule has 0 saturated carbocycles. The molecule has 0 rings (SSSR count). The summed E-state index contributed by atoms with van der Waals surface area (Å²) in [7, 11) is 0. The number of hydrogen-bond acceptors (Lipinski definition) is 2. The van der Waals surface area contributed by atoms with Crippen LogP contribution in [-0.4, -0.2) is 11.7 Å². The summed E-state index contributed by atoms with van der Waals surface area (Å²) in [5.41, 5.74) is 5.71. The van der Waals surface area contributed by atoms with Crippen LogP contribution in [0.15, 0.2) is 23.9 Å². The summed E-state index contributed by atoms with van der Waals surface area (Å²) >= 11 is 0. The number of allylic oxidation sites excluding steroid dienone is 3. The highest BCUT2D eigenvalue weighted by Gasteiger charge is 1.77. The predicted octanol–water partition coefficient (Wildman–Crippen LogP) is 0.397. The van der Waals surface area contributed by atoms with Crippen LogP contribution in [0.5, 0.6) is 0 Å². The van der Waals surface area contributed by atoms with Gasteiger partial charge in [-0.05, 0) is 13.0 Å². The van der Waals surface area contributed by atoms with E-state index in [1.807, 2.05) is 13.0 Å². The number of aliphatic hydroxyl groups excluding tert-OH is 1. The first kappa shape index (κ1) is 7.24. The third-order valence-corrected chi connectivity index (χ3v) is 0.685. The zero-order chi connectivity index (χ0) is 6.41. The second-order valence-electron chi connectivity index (χ2n) is 1.43. The lowest BCUT2D eigenvalue weighted by molar-refractivity contribution is 0.330. The molecular formula is C6H11NO. The number of hydrogen-bond donors (Lipinski definition) is 2. The maximum absolute atomic E-state index is 8.33. The van der Waals surface area contributed by atoms with Crippen molar-refractivity contribution in [3.63, 3.8) is 0 Å². The van der Waals surface area contributed by atoms with Gasteiger partial charge in [0.25, 0.3) is 0 Å². The van der Waals surface area contributed by atoms with Crippen molar-refractivity contribution in [2.75, 3.05) is 6.61 Å². The molecule has 0 bridgehead atoms. The molecule has 2 heteroatoms. The molecule has 0 aromatic carbocycles. The molecule has 46 valence electrons. The fourth-order valence-corrected chi connectivity index (χ4v) is 0.273. The van der Waals surface area contributed by atoms with Gasteiger partial charge in [0.05, 0.1) is 6.61 Å². The predicted molar refractivity (Wildman–Crippen MR) is 34.2 cm³/mol. The smallest absolute Gasteiger partial charge is 0.0825 e. The first-order valence-electron chi connectivity index (χ1n) is 2.49. The van der Waals surface area contributed by atoms with Crippen LogP contribution in [0, 0.1) is 0 Å². The summed E-state index contributed by atoms with van der Waals surface area (Å²) in [5, 5.41) is 8.33. The van der Waals surface area contributed by atoms with Crippen LogP contribution in [-0.2, 0) is 0 Å². The van der Waals surface area contributed by atoms with E-state index < -0.39 is 0 Å². The molecule has 0 aliphatic rings. The zero-order valence-electron chi connectivity index (χ0n) is 4.96. The van der Waals surface area contributed by atoms with E-state index in [9.17, 15) is 0 Å². The van der Waals surface area contributed by atoms with Crippen molar-refractivity contribution in [2.24, 2.45) is 5.73 Å². The molecule has 0 aliphatic carbocycles. The molecule has 0 spiro atoms. The van der Waals surface area contributed by atoms with Crippen LogP contribution < -0.4 is 5.73 Å². The molecule has 3 N–H and O–H groups in total. The fourth-order valence-electron chi connectivity index (χ4n) is 0.273. The van der Waals surface area contributed by atoms with Gasteiger partial charge in [-0.2, -0.15) is 0 Å². The van der Waals surface area contributed by atoms with Gasteiger partial charge in [0.2, 0.25) is 0 Å². The molecule has 0 aromatic heterocycles. The van der Waals surface area contributed by atoms with Gasteiger partial charge in [0, 0.05) is 5.70 Å². The number of nitrogens with two attached hydrogens (primary N) is 1. The monoisotopic (exact) mass is 113 g/mol. The molecule has 0 amide bonds. The minimum absolute atomic E-state index is 0.0651. The Morgan fingerprint density at radius 3 is 2.75 bits per heavy atom. The third-order valence-electron chi connectivity index (χ3n) is 0.685. The highest BCUT2D eigenvalue weighted by molar-refractivity contribution is 5.08. The molecule has 0 aromatic rings. The van der Waals surface area contributed by atoms with Gasteiger partial charge in [0.15, 0.2) is 0 Å². The van der Waals surface area contributed by atoms with Crippen LogP contribution in [0.25, 0.3) is 0 Å². The lowest BCUT2D eigenvalue weighted by Gasteiger charge is -1.87. The van der Waals surface area contributed by atoms with Crippen molar-refractivity contribution >= 4 is 0 Å². The van der Waals surface area contributed by atoms with Crippen molar-refractivity contribution in [1.29, 1.82) is 0 Å². The number of rotatable bonds is 2. The lowest BCUT2D eigenvalue weighted by atomic mass is 10.4. The minimum atomic E-state index is -0.0651. The summed E-state index contributed by atoms with van der Waals surface area (Å²) in [6, 6.07) is 0. The van der Waals surface area contributed by atoms with E-state index in [0.29, 0.717) is 5.70 Å². The Bertz CT molecular complexity index is 105. The van der Waals surface area contributed by atoms with Crippen LogP contribution in [0.1, 0.15) is 6.92 Å². The topological polar surface area (TPSA) is 46.2 Å². The third kappa shape index (κ3) is 3.43.